The fourth-order valence-electron chi connectivity index (χ4n) is 2.04. The van der Waals surface area contributed by atoms with Crippen molar-refractivity contribution in [3.8, 4) is 0 Å². The second-order valence-electron chi connectivity index (χ2n) is 6.20. The van der Waals surface area contributed by atoms with E-state index in [2.05, 4.69) is 0 Å². The molecule has 1 aromatic carbocycles. The third-order valence-electron chi connectivity index (χ3n) is 4.06. The Morgan fingerprint density at radius 2 is 1.62 bits per heavy atom. The first-order valence-corrected chi connectivity index (χ1v) is 6.64. The average Bonchev–Trinajstić information content (AvgIpc) is 2.57. The number of halogens is 3. The summed E-state index contributed by atoms with van der Waals surface area (Å²) in [6, 6.07) is 5.56. The molecular weight excluding hydrogens is 284 g/mol. The van der Waals surface area contributed by atoms with Gasteiger partial charge in [-0.1, -0.05) is 24.3 Å². The summed E-state index contributed by atoms with van der Waals surface area (Å²) in [7, 11) is -0.754. The van der Waals surface area contributed by atoms with Crippen LogP contribution in [0.15, 0.2) is 24.3 Å². The summed E-state index contributed by atoms with van der Waals surface area (Å²) in [6.45, 7) is 7.45. The van der Waals surface area contributed by atoms with E-state index in [0.717, 1.165) is 0 Å². The minimum absolute atomic E-state index is 0.227. The number of aliphatic hydroxyl groups is 1. The highest BCUT2D eigenvalue weighted by atomic mass is 19.4. The van der Waals surface area contributed by atoms with Crippen LogP contribution in [-0.4, -0.2) is 29.6 Å². The minimum atomic E-state index is -4.70. The molecule has 2 rings (SSSR count). The van der Waals surface area contributed by atoms with E-state index in [1.807, 2.05) is 27.7 Å². The van der Waals surface area contributed by atoms with Crippen molar-refractivity contribution in [3.05, 3.63) is 29.8 Å². The fraction of sp³-hybridized carbons (Fsp3) is 0.571. The molecule has 0 aromatic heterocycles. The van der Waals surface area contributed by atoms with Gasteiger partial charge in [0.05, 0.1) is 11.2 Å². The molecule has 1 aliphatic rings. The third kappa shape index (κ3) is 3.10. The maximum atomic E-state index is 12.6. The highest BCUT2D eigenvalue weighted by Gasteiger charge is 2.52. The zero-order valence-corrected chi connectivity index (χ0v) is 12.4. The first-order chi connectivity index (χ1) is 9.44. The largest absolute Gasteiger partial charge is 0.494 e. The van der Waals surface area contributed by atoms with Gasteiger partial charge < -0.3 is 14.4 Å². The number of hydrogen-bond acceptors (Lipinski definition) is 3. The number of hydrogen-bond donors (Lipinski definition) is 1. The van der Waals surface area contributed by atoms with Crippen molar-refractivity contribution in [2.75, 3.05) is 0 Å². The Morgan fingerprint density at radius 1 is 1.10 bits per heavy atom. The summed E-state index contributed by atoms with van der Waals surface area (Å²) in [5.41, 5.74) is -0.920. The molecule has 0 bridgehead atoms. The van der Waals surface area contributed by atoms with Crippen molar-refractivity contribution in [2.45, 2.75) is 51.2 Å². The molecular formula is C14H18BF3O3. The van der Waals surface area contributed by atoms with Crippen LogP contribution in [0.4, 0.5) is 13.2 Å². The number of alkyl halides is 3. The Bertz CT molecular complexity index is 512. The van der Waals surface area contributed by atoms with Gasteiger partial charge in [0.15, 0.2) is 6.10 Å². The van der Waals surface area contributed by atoms with E-state index in [1.54, 1.807) is 6.07 Å². The number of aliphatic hydroxyl groups excluding tert-OH is 1. The maximum absolute atomic E-state index is 12.6. The summed E-state index contributed by atoms with van der Waals surface area (Å²) in [6.07, 6.45) is -7.21. The molecule has 0 unspecified atom stereocenters. The smallest absolute Gasteiger partial charge is 0.399 e. The zero-order chi connectivity index (χ0) is 16.1. The SMILES string of the molecule is CC1(C)OB(c2cccc([C@H](O)C(F)(F)F)c2)OC1(C)C. The summed E-state index contributed by atoms with van der Waals surface area (Å²) < 4.78 is 49.3. The quantitative estimate of drug-likeness (QED) is 0.853. The molecule has 1 atom stereocenters. The molecule has 1 aliphatic heterocycles. The zero-order valence-electron chi connectivity index (χ0n) is 12.4. The minimum Gasteiger partial charge on any atom is -0.399 e. The molecule has 0 spiro atoms. The van der Waals surface area contributed by atoms with Gasteiger partial charge in [-0.3, -0.25) is 0 Å². The van der Waals surface area contributed by atoms with Gasteiger partial charge in [0.1, 0.15) is 0 Å². The summed E-state index contributed by atoms with van der Waals surface area (Å²) >= 11 is 0. The maximum Gasteiger partial charge on any atom is 0.494 e. The van der Waals surface area contributed by atoms with Crippen LogP contribution >= 0.6 is 0 Å². The normalized spacial score (nSPS) is 22.4. The Labute approximate surface area is 122 Å². The molecule has 3 nitrogen and oxygen atoms in total. The Kier molecular flexibility index (Phi) is 3.89. The highest BCUT2D eigenvalue weighted by molar-refractivity contribution is 6.62. The molecule has 0 radical (unpaired) electrons. The lowest BCUT2D eigenvalue weighted by Crippen LogP contribution is -2.41. The molecule has 1 fully saturated rings. The lowest BCUT2D eigenvalue weighted by atomic mass is 9.78. The highest BCUT2D eigenvalue weighted by Crippen LogP contribution is 2.37. The molecule has 1 N–H and O–H groups in total. The van der Waals surface area contributed by atoms with Gasteiger partial charge in [0, 0.05) is 0 Å². The Balaban J connectivity index is 2.28. The molecule has 21 heavy (non-hydrogen) atoms. The lowest BCUT2D eigenvalue weighted by molar-refractivity contribution is -0.206. The van der Waals surface area contributed by atoms with Crippen molar-refractivity contribution in [1.29, 1.82) is 0 Å². The molecule has 0 saturated carbocycles. The first-order valence-electron chi connectivity index (χ1n) is 6.64. The summed E-state index contributed by atoms with van der Waals surface area (Å²) in [5.74, 6) is 0. The molecule has 0 aliphatic carbocycles. The standard InChI is InChI=1S/C14H18BF3O3/c1-12(2)13(3,4)21-15(20-12)10-7-5-6-9(8-10)11(19)14(16,17)18/h5-8,11,19H,1-4H3/t11-/m0/s1. The van der Waals surface area contributed by atoms with Gasteiger partial charge in [0.25, 0.3) is 0 Å². The van der Waals surface area contributed by atoms with Crippen LogP contribution in [0, 0.1) is 0 Å². The van der Waals surface area contributed by atoms with Crippen molar-refractivity contribution in [1.82, 2.24) is 0 Å². The van der Waals surface area contributed by atoms with E-state index in [0.29, 0.717) is 5.46 Å². The van der Waals surface area contributed by atoms with Gasteiger partial charge >= 0.3 is 13.3 Å². The van der Waals surface area contributed by atoms with Gasteiger partial charge in [-0.15, -0.1) is 0 Å². The van der Waals surface area contributed by atoms with Crippen LogP contribution in [-0.2, 0) is 9.31 Å². The number of benzene rings is 1. The van der Waals surface area contributed by atoms with Crippen LogP contribution in [0.1, 0.15) is 39.4 Å². The first kappa shape index (κ1) is 16.3. The van der Waals surface area contributed by atoms with E-state index < -0.39 is 30.6 Å². The van der Waals surface area contributed by atoms with Gasteiger partial charge in [-0.25, -0.2) is 0 Å². The van der Waals surface area contributed by atoms with Crippen LogP contribution in [0.25, 0.3) is 0 Å². The Morgan fingerprint density at radius 3 is 2.10 bits per heavy atom. The molecule has 1 saturated heterocycles. The predicted molar refractivity (Wildman–Crippen MR) is 73.2 cm³/mol. The van der Waals surface area contributed by atoms with E-state index in [-0.39, 0.29) is 5.56 Å². The third-order valence-corrected chi connectivity index (χ3v) is 4.06. The van der Waals surface area contributed by atoms with Crippen LogP contribution in [0.3, 0.4) is 0 Å². The molecule has 0 amide bonds. The van der Waals surface area contributed by atoms with E-state index in [1.165, 1.54) is 18.2 Å². The monoisotopic (exact) mass is 302 g/mol. The van der Waals surface area contributed by atoms with Crippen molar-refractivity contribution in [3.63, 3.8) is 0 Å². The average molecular weight is 302 g/mol. The van der Waals surface area contributed by atoms with Crippen molar-refractivity contribution < 1.29 is 27.6 Å². The molecule has 7 heteroatoms. The van der Waals surface area contributed by atoms with E-state index in [9.17, 15) is 18.3 Å². The van der Waals surface area contributed by atoms with Crippen LogP contribution in [0.5, 0.6) is 0 Å². The summed E-state index contributed by atoms with van der Waals surface area (Å²) in [4.78, 5) is 0. The fourth-order valence-corrected chi connectivity index (χ4v) is 2.04. The molecule has 1 heterocycles. The predicted octanol–water partition coefficient (Wildman–Crippen LogP) is 2.58. The Hall–Kier alpha value is -1.05. The second-order valence-corrected chi connectivity index (χ2v) is 6.20. The molecule has 116 valence electrons. The van der Waals surface area contributed by atoms with Gasteiger partial charge in [0.2, 0.25) is 0 Å². The van der Waals surface area contributed by atoms with E-state index in [4.69, 9.17) is 9.31 Å². The molecule has 1 aromatic rings. The van der Waals surface area contributed by atoms with Crippen molar-refractivity contribution >= 4 is 12.6 Å². The van der Waals surface area contributed by atoms with Gasteiger partial charge in [-0.2, -0.15) is 13.2 Å². The van der Waals surface area contributed by atoms with Crippen molar-refractivity contribution in [2.24, 2.45) is 0 Å². The topological polar surface area (TPSA) is 38.7 Å². The van der Waals surface area contributed by atoms with Crippen LogP contribution < -0.4 is 5.46 Å². The van der Waals surface area contributed by atoms with Gasteiger partial charge in [-0.05, 0) is 38.7 Å². The lowest BCUT2D eigenvalue weighted by Gasteiger charge is -2.32. The number of rotatable bonds is 2. The summed E-state index contributed by atoms with van der Waals surface area (Å²) in [5, 5.41) is 9.32. The van der Waals surface area contributed by atoms with E-state index >= 15 is 0 Å². The van der Waals surface area contributed by atoms with Crippen LogP contribution in [0.2, 0.25) is 0 Å². The second kappa shape index (κ2) is 5.00.